The van der Waals surface area contributed by atoms with Crippen LogP contribution in [0.1, 0.15) is 24.0 Å². The molecular weight excluding hydrogens is 362 g/mol. The highest BCUT2D eigenvalue weighted by Gasteiger charge is 2.22. The summed E-state index contributed by atoms with van der Waals surface area (Å²) in [4.78, 5) is 15.5. The molecule has 0 amide bonds. The van der Waals surface area contributed by atoms with Gasteiger partial charge in [-0.25, -0.2) is 15.0 Å². The second-order valence-electron chi connectivity index (χ2n) is 7.75. The zero-order valence-corrected chi connectivity index (χ0v) is 16.2. The minimum absolute atomic E-state index is 0.331. The zero-order valence-electron chi connectivity index (χ0n) is 16.2. The standard InChI is InChI=1S/C23H23N5O/c1-2-16-7-9-28(10-8-16)21-15-24-22(29-21)19-13-25-23(26-14-19)27-20-11-17-5-3-4-6-18(17)12-20/h1,3-6,13-16,20H,7-12H2,(H,25,26,27). The van der Waals surface area contributed by atoms with Gasteiger partial charge in [-0.2, -0.15) is 0 Å². The highest BCUT2D eigenvalue weighted by molar-refractivity contribution is 5.54. The van der Waals surface area contributed by atoms with Gasteiger partial charge >= 0.3 is 0 Å². The molecule has 0 radical (unpaired) electrons. The summed E-state index contributed by atoms with van der Waals surface area (Å²) in [6.07, 6.45) is 14.8. The van der Waals surface area contributed by atoms with Crippen LogP contribution < -0.4 is 10.2 Å². The van der Waals surface area contributed by atoms with Gasteiger partial charge in [-0.15, -0.1) is 12.3 Å². The molecule has 3 aromatic rings. The van der Waals surface area contributed by atoms with E-state index in [1.54, 1.807) is 18.6 Å². The molecule has 0 atom stereocenters. The third-order valence-corrected chi connectivity index (χ3v) is 5.82. The molecule has 1 fully saturated rings. The molecule has 0 saturated carbocycles. The van der Waals surface area contributed by atoms with E-state index in [-0.39, 0.29) is 0 Å². The van der Waals surface area contributed by atoms with E-state index < -0.39 is 0 Å². The van der Waals surface area contributed by atoms with Gasteiger partial charge in [0.15, 0.2) is 0 Å². The molecule has 0 unspecified atom stereocenters. The Morgan fingerprint density at radius 2 is 1.69 bits per heavy atom. The summed E-state index contributed by atoms with van der Waals surface area (Å²) in [7, 11) is 0. The first kappa shape index (κ1) is 17.7. The lowest BCUT2D eigenvalue weighted by Gasteiger charge is -2.28. The molecule has 0 bridgehead atoms. The van der Waals surface area contributed by atoms with Gasteiger partial charge < -0.3 is 14.6 Å². The van der Waals surface area contributed by atoms with Crippen molar-refractivity contribution in [1.29, 1.82) is 0 Å². The smallest absolute Gasteiger partial charge is 0.231 e. The number of hydrogen-bond donors (Lipinski definition) is 1. The number of benzene rings is 1. The Morgan fingerprint density at radius 1 is 1.00 bits per heavy atom. The maximum Gasteiger partial charge on any atom is 0.231 e. The van der Waals surface area contributed by atoms with Crippen LogP contribution in [0.25, 0.3) is 11.5 Å². The van der Waals surface area contributed by atoms with Crippen molar-refractivity contribution in [2.24, 2.45) is 5.92 Å². The van der Waals surface area contributed by atoms with Crippen LogP contribution in [0.15, 0.2) is 47.3 Å². The topological polar surface area (TPSA) is 67.1 Å². The Labute approximate surface area is 170 Å². The van der Waals surface area contributed by atoms with Crippen molar-refractivity contribution in [3.05, 3.63) is 54.0 Å². The quantitative estimate of drug-likeness (QED) is 0.693. The molecule has 1 aromatic carbocycles. The van der Waals surface area contributed by atoms with Crippen LogP contribution in [0.5, 0.6) is 0 Å². The van der Waals surface area contributed by atoms with Gasteiger partial charge in [0.25, 0.3) is 0 Å². The van der Waals surface area contributed by atoms with E-state index in [0.717, 1.165) is 50.2 Å². The van der Waals surface area contributed by atoms with Crippen molar-refractivity contribution in [2.45, 2.75) is 31.7 Å². The molecule has 1 aliphatic carbocycles. The first-order valence-corrected chi connectivity index (χ1v) is 10.1. The first-order chi connectivity index (χ1) is 14.3. The van der Waals surface area contributed by atoms with Crippen LogP contribution >= 0.6 is 0 Å². The average molecular weight is 385 g/mol. The first-order valence-electron chi connectivity index (χ1n) is 10.1. The fraction of sp³-hybridized carbons (Fsp3) is 0.348. The van der Waals surface area contributed by atoms with Crippen LogP contribution in [0, 0.1) is 18.3 Å². The number of piperidine rings is 1. The van der Waals surface area contributed by atoms with Gasteiger partial charge in [-0.1, -0.05) is 24.3 Å². The zero-order chi connectivity index (χ0) is 19.6. The summed E-state index contributed by atoms with van der Waals surface area (Å²) < 4.78 is 5.96. The Balaban J connectivity index is 1.22. The van der Waals surface area contributed by atoms with Gasteiger partial charge in [0.05, 0.1) is 11.8 Å². The molecule has 146 valence electrons. The molecule has 2 aliphatic rings. The summed E-state index contributed by atoms with van der Waals surface area (Å²) in [5.41, 5.74) is 3.58. The van der Waals surface area contributed by atoms with E-state index in [1.807, 2.05) is 0 Å². The Morgan fingerprint density at radius 3 is 2.34 bits per heavy atom. The third kappa shape index (κ3) is 3.68. The molecule has 6 nitrogen and oxygen atoms in total. The van der Waals surface area contributed by atoms with Crippen molar-refractivity contribution in [3.8, 4) is 23.8 Å². The maximum atomic E-state index is 5.96. The number of aromatic nitrogens is 3. The van der Waals surface area contributed by atoms with Crippen molar-refractivity contribution < 1.29 is 4.42 Å². The largest absolute Gasteiger partial charge is 0.420 e. The molecule has 5 rings (SSSR count). The fourth-order valence-corrected chi connectivity index (χ4v) is 4.17. The van der Waals surface area contributed by atoms with E-state index in [2.05, 4.69) is 55.4 Å². The average Bonchev–Trinajstić information content (AvgIpc) is 3.41. The predicted molar refractivity (Wildman–Crippen MR) is 113 cm³/mol. The highest BCUT2D eigenvalue weighted by Crippen LogP contribution is 2.28. The Hall–Kier alpha value is -3.33. The number of rotatable bonds is 4. The minimum atomic E-state index is 0.331. The second-order valence-corrected chi connectivity index (χ2v) is 7.75. The van der Waals surface area contributed by atoms with Gasteiger partial charge in [0.1, 0.15) is 0 Å². The molecule has 29 heavy (non-hydrogen) atoms. The van der Waals surface area contributed by atoms with Crippen LogP contribution in [-0.2, 0) is 12.8 Å². The number of nitrogens with zero attached hydrogens (tertiary/aromatic N) is 4. The van der Waals surface area contributed by atoms with Crippen molar-refractivity contribution in [2.75, 3.05) is 23.3 Å². The lowest BCUT2D eigenvalue weighted by molar-refractivity contribution is 0.458. The summed E-state index contributed by atoms with van der Waals surface area (Å²) >= 11 is 0. The van der Waals surface area contributed by atoms with Crippen molar-refractivity contribution in [3.63, 3.8) is 0 Å². The number of anilines is 2. The van der Waals surface area contributed by atoms with Gasteiger partial charge in [0.2, 0.25) is 17.7 Å². The number of fused-ring (bicyclic) bond motifs is 1. The van der Waals surface area contributed by atoms with E-state index in [1.165, 1.54) is 11.1 Å². The van der Waals surface area contributed by atoms with Crippen LogP contribution in [0.2, 0.25) is 0 Å². The number of oxazole rings is 1. The van der Waals surface area contributed by atoms with Gasteiger partial charge in [-0.05, 0) is 36.8 Å². The van der Waals surface area contributed by atoms with Crippen molar-refractivity contribution in [1.82, 2.24) is 15.0 Å². The lowest BCUT2D eigenvalue weighted by atomic mass is 9.98. The molecule has 2 aromatic heterocycles. The summed E-state index contributed by atoms with van der Waals surface area (Å²) in [5, 5.41) is 3.44. The minimum Gasteiger partial charge on any atom is -0.420 e. The van der Waals surface area contributed by atoms with Gasteiger partial charge in [0, 0.05) is 37.4 Å². The van der Waals surface area contributed by atoms with Crippen molar-refractivity contribution >= 4 is 11.8 Å². The number of hydrogen-bond acceptors (Lipinski definition) is 6. The normalized spacial score (nSPS) is 17.1. The van der Waals surface area contributed by atoms with E-state index in [0.29, 0.717) is 23.8 Å². The van der Waals surface area contributed by atoms with Crippen LogP contribution in [-0.4, -0.2) is 34.1 Å². The lowest BCUT2D eigenvalue weighted by Crippen LogP contribution is -2.32. The van der Waals surface area contributed by atoms with E-state index >= 15 is 0 Å². The van der Waals surface area contributed by atoms with Gasteiger partial charge in [-0.3, -0.25) is 0 Å². The predicted octanol–water partition coefficient (Wildman–Crippen LogP) is 3.56. The molecule has 1 N–H and O–H groups in total. The SMILES string of the molecule is C#CC1CCN(c2cnc(-c3cnc(NC4Cc5ccccc5C4)nc3)o2)CC1. The highest BCUT2D eigenvalue weighted by atomic mass is 16.4. The Bertz CT molecular complexity index is 1000. The van der Waals surface area contributed by atoms with Crippen LogP contribution in [0.3, 0.4) is 0 Å². The molecule has 1 aliphatic heterocycles. The maximum absolute atomic E-state index is 5.96. The summed E-state index contributed by atoms with van der Waals surface area (Å²) in [6.45, 7) is 1.79. The third-order valence-electron chi connectivity index (χ3n) is 5.82. The van der Waals surface area contributed by atoms with E-state index in [9.17, 15) is 0 Å². The Kier molecular flexibility index (Phi) is 4.65. The summed E-state index contributed by atoms with van der Waals surface area (Å²) in [6, 6.07) is 8.90. The molecular formula is C23H23N5O. The molecule has 1 saturated heterocycles. The number of terminal acetylenes is 1. The number of nitrogens with one attached hydrogen (secondary N) is 1. The molecule has 6 heteroatoms. The molecule has 3 heterocycles. The summed E-state index contributed by atoms with van der Waals surface area (Å²) in [5.74, 6) is 5.17. The fourth-order valence-electron chi connectivity index (χ4n) is 4.17. The van der Waals surface area contributed by atoms with Crippen LogP contribution in [0.4, 0.5) is 11.8 Å². The monoisotopic (exact) mass is 385 g/mol. The second kappa shape index (κ2) is 7.59. The molecule has 0 spiro atoms. The van der Waals surface area contributed by atoms with E-state index in [4.69, 9.17) is 10.8 Å².